The number of halogens is 1. The molecule has 4 rings (SSSR count). The van der Waals surface area contributed by atoms with Crippen LogP contribution in [0.5, 0.6) is 0 Å². The van der Waals surface area contributed by atoms with Gasteiger partial charge in [0.25, 0.3) is 5.91 Å². The minimum Gasteiger partial charge on any atom is -0.366 e. The van der Waals surface area contributed by atoms with Gasteiger partial charge in [0, 0.05) is 32.2 Å². The number of hydrogen-bond donors (Lipinski definition) is 1. The predicted octanol–water partition coefficient (Wildman–Crippen LogP) is 2.93. The Labute approximate surface area is 158 Å². The lowest BCUT2D eigenvalue weighted by molar-refractivity contribution is 0.0739. The molecule has 0 radical (unpaired) electrons. The number of hydrogen-bond acceptors (Lipinski definition) is 5. The molecule has 1 aliphatic carbocycles. The Bertz CT molecular complexity index is 783. The van der Waals surface area contributed by atoms with Gasteiger partial charge < -0.3 is 15.1 Å². The molecule has 1 N–H and O–H groups in total. The summed E-state index contributed by atoms with van der Waals surface area (Å²) in [6, 6.07) is 10.8. The van der Waals surface area contributed by atoms with Crippen LogP contribution >= 0.6 is 0 Å². The van der Waals surface area contributed by atoms with E-state index in [-0.39, 0.29) is 11.7 Å². The Morgan fingerprint density at radius 1 is 1.00 bits per heavy atom. The molecule has 1 saturated heterocycles. The van der Waals surface area contributed by atoms with Crippen molar-refractivity contribution < 1.29 is 9.18 Å². The lowest BCUT2D eigenvalue weighted by atomic mass is 10.2. The lowest BCUT2D eigenvalue weighted by Crippen LogP contribution is -2.49. The largest absolute Gasteiger partial charge is 0.366 e. The van der Waals surface area contributed by atoms with E-state index >= 15 is 0 Å². The van der Waals surface area contributed by atoms with Crippen molar-refractivity contribution in [3.8, 4) is 0 Å². The van der Waals surface area contributed by atoms with Crippen LogP contribution in [-0.2, 0) is 0 Å². The second-order valence-electron chi connectivity index (χ2n) is 7.16. The molecule has 2 aromatic rings. The fraction of sp³-hybridized carbons (Fsp3) is 0.450. The highest BCUT2D eigenvalue weighted by molar-refractivity contribution is 5.92. The summed E-state index contributed by atoms with van der Waals surface area (Å²) in [5.41, 5.74) is 0.943. The van der Waals surface area contributed by atoms with Crippen LogP contribution in [0.1, 0.15) is 36.2 Å². The highest BCUT2D eigenvalue weighted by Crippen LogP contribution is 2.22. The van der Waals surface area contributed by atoms with E-state index in [0.29, 0.717) is 43.6 Å². The topological polar surface area (TPSA) is 61.4 Å². The average molecular weight is 369 g/mol. The lowest BCUT2D eigenvalue weighted by Gasteiger charge is -2.36. The molecule has 1 aromatic carbocycles. The molecule has 1 amide bonds. The number of para-hydroxylation sites is 1. The SMILES string of the molecule is O=C(c1ccc(NC2CCCC2)nn1)N1CCN(c2ccccc2F)CC1. The number of benzene rings is 1. The molecule has 1 aromatic heterocycles. The summed E-state index contributed by atoms with van der Waals surface area (Å²) in [6.45, 7) is 2.27. The Morgan fingerprint density at radius 3 is 2.41 bits per heavy atom. The highest BCUT2D eigenvalue weighted by atomic mass is 19.1. The molecule has 2 heterocycles. The molecule has 1 saturated carbocycles. The summed E-state index contributed by atoms with van der Waals surface area (Å²) in [4.78, 5) is 16.4. The average Bonchev–Trinajstić information content (AvgIpc) is 3.22. The minimum absolute atomic E-state index is 0.122. The van der Waals surface area contributed by atoms with Crippen LogP contribution in [0, 0.1) is 5.82 Å². The maximum atomic E-state index is 13.9. The second-order valence-corrected chi connectivity index (χ2v) is 7.16. The van der Waals surface area contributed by atoms with Crippen molar-refractivity contribution in [3.63, 3.8) is 0 Å². The van der Waals surface area contributed by atoms with E-state index < -0.39 is 0 Å². The van der Waals surface area contributed by atoms with E-state index in [4.69, 9.17) is 0 Å². The fourth-order valence-corrected chi connectivity index (χ4v) is 3.82. The number of aromatic nitrogens is 2. The first-order valence-electron chi connectivity index (χ1n) is 9.60. The Hall–Kier alpha value is -2.70. The van der Waals surface area contributed by atoms with Gasteiger partial charge in [0.05, 0.1) is 5.69 Å². The minimum atomic E-state index is -0.228. The molecule has 6 nitrogen and oxygen atoms in total. The first-order valence-corrected chi connectivity index (χ1v) is 9.60. The van der Waals surface area contributed by atoms with Crippen LogP contribution in [-0.4, -0.2) is 53.2 Å². The maximum absolute atomic E-state index is 13.9. The summed E-state index contributed by atoms with van der Waals surface area (Å²) in [6.07, 6.45) is 4.82. The predicted molar refractivity (Wildman–Crippen MR) is 102 cm³/mol. The van der Waals surface area contributed by atoms with Crippen molar-refractivity contribution in [1.82, 2.24) is 15.1 Å². The van der Waals surface area contributed by atoms with E-state index in [1.165, 1.54) is 18.9 Å². The number of rotatable bonds is 4. The number of carbonyl (C=O) groups excluding carboxylic acids is 1. The summed E-state index contributed by atoms with van der Waals surface area (Å²) < 4.78 is 13.9. The van der Waals surface area contributed by atoms with Gasteiger partial charge in [-0.25, -0.2) is 4.39 Å². The number of amides is 1. The zero-order chi connectivity index (χ0) is 18.6. The third-order valence-electron chi connectivity index (χ3n) is 5.35. The van der Waals surface area contributed by atoms with Gasteiger partial charge in [0.2, 0.25) is 0 Å². The quantitative estimate of drug-likeness (QED) is 0.898. The van der Waals surface area contributed by atoms with Crippen LogP contribution in [0.4, 0.5) is 15.9 Å². The van der Waals surface area contributed by atoms with E-state index in [1.54, 1.807) is 23.1 Å². The fourth-order valence-electron chi connectivity index (χ4n) is 3.82. The van der Waals surface area contributed by atoms with Crippen LogP contribution in [0.25, 0.3) is 0 Å². The molecule has 2 aliphatic rings. The van der Waals surface area contributed by atoms with Crippen molar-refractivity contribution in [2.24, 2.45) is 0 Å². The van der Waals surface area contributed by atoms with Crippen LogP contribution < -0.4 is 10.2 Å². The summed E-state index contributed by atoms with van der Waals surface area (Å²) in [7, 11) is 0. The molecule has 0 unspecified atom stereocenters. The van der Waals surface area contributed by atoms with Gasteiger partial charge in [-0.1, -0.05) is 25.0 Å². The molecule has 0 atom stereocenters. The first-order chi connectivity index (χ1) is 13.2. The third-order valence-corrected chi connectivity index (χ3v) is 5.35. The van der Waals surface area contributed by atoms with Gasteiger partial charge in [-0.3, -0.25) is 4.79 Å². The van der Waals surface area contributed by atoms with Gasteiger partial charge in [-0.15, -0.1) is 10.2 Å². The molecule has 2 fully saturated rings. The number of nitrogens with zero attached hydrogens (tertiary/aromatic N) is 4. The number of nitrogens with one attached hydrogen (secondary N) is 1. The van der Waals surface area contributed by atoms with E-state index in [2.05, 4.69) is 15.5 Å². The summed E-state index contributed by atoms with van der Waals surface area (Å²) in [5.74, 6) is 0.374. The van der Waals surface area contributed by atoms with Crippen molar-refractivity contribution in [3.05, 3.63) is 47.9 Å². The van der Waals surface area contributed by atoms with Gasteiger partial charge in [-0.2, -0.15) is 0 Å². The van der Waals surface area contributed by atoms with Crippen LogP contribution in [0.3, 0.4) is 0 Å². The molecule has 0 spiro atoms. The molecular formula is C20H24FN5O. The standard InChI is InChI=1S/C20H24FN5O/c21-16-7-3-4-8-18(16)25-11-13-26(14-12-25)20(27)17-9-10-19(24-23-17)22-15-5-1-2-6-15/h3-4,7-10,15H,1-2,5-6,11-14H2,(H,22,24). The van der Waals surface area contributed by atoms with Gasteiger partial charge in [0.15, 0.2) is 5.69 Å². The smallest absolute Gasteiger partial charge is 0.274 e. The van der Waals surface area contributed by atoms with Crippen LogP contribution in [0.15, 0.2) is 36.4 Å². The van der Waals surface area contributed by atoms with E-state index in [0.717, 1.165) is 18.7 Å². The molecule has 0 bridgehead atoms. The van der Waals surface area contributed by atoms with Crippen molar-refractivity contribution >= 4 is 17.4 Å². The molecule has 142 valence electrons. The number of anilines is 2. The van der Waals surface area contributed by atoms with E-state index in [9.17, 15) is 9.18 Å². The number of piperazine rings is 1. The summed E-state index contributed by atoms with van der Waals surface area (Å²) >= 11 is 0. The van der Waals surface area contributed by atoms with Gasteiger partial charge in [0.1, 0.15) is 11.6 Å². The molecular weight excluding hydrogens is 345 g/mol. The zero-order valence-electron chi connectivity index (χ0n) is 15.3. The highest BCUT2D eigenvalue weighted by Gasteiger charge is 2.24. The number of carbonyl (C=O) groups is 1. The zero-order valence-corrected chi connectivity index (χ0v) is 15.3. The van der Waals surface area contributed by atoms with Crippen LogP contribution in [0.2, 0.25) is 0 Å². The summed E-state index contributed by atoms with van der Waals surface area (Å²) in [5, 5.41) is 11.6. The Balaban J connectivity index is 1.34. The van der Waals surface area contributed by atoms with Gasteiger partial charge >= 0.3 is 0 Å². The molecule has 27 heavy (non-hydrogen) atoms. The Morgan fingerprint density at radius 2 is 1.74 bits per heavy atom. The van der Waals surface area contributed by atoms with Crippen molar-refractivity contribution in [2.75, 3.05) is 36.4 Å². The second kappa shape index (κ2) is 7.90. The van der Waals surface area contributed by atoms with E-state index in [1.807, 2.05) is 17.0 Å². The maximum Gasteiger partial charge on any atom is 0.274 e. The molecule has 7 heteroatoms. The third kappa shape index (κ3) is 4.02. The first kappa shape index (κ1) is 17.7. The Kier molecular flexibility index (Phi) is 5.18. The molecule has 1 aliphatic heterocycles. The monoisotopic (exact) mass is 369 g/mol. The van der Waals surface area contributed by atoms with Gasteiger partial charge in [-0.05, 0) is 37.1 Å². The normalized spacial score (nSPS) is 18.0. The van der Waals surface area contributed by atoms with Crippen molar-refractivity contribution in [1.29, 1.82) is 0 Å². The van der Waals surface area contributed by atoms with Crippen molar-refractivity contribution in [2.45, 2.75) is 31.7 Å².